The highest BCUT2D eigenvalue weighted by Gasteiger charge is 2.08. The predicted molar refractivity (Wildman–Crippen MR) is 58.0 cm³/mol. The van der Waals surface area contributed by atoms with Crippen LogP contribution >= 0.6 is 0 Å². The number of hydrogen-bond donors (Lipinski definition) is 1. The molecule has 1 N–H and O–H groups in total. The summed E-state index contributed by atoms with van der Waals surface area (Å²) in [4.78, 5) is 8.50. The van der Waals surface area contributed by atoms with Crippen LogP contribution in [-0.4, -0.2) is 16.5 Å². The molecule has 0 amide bonds. The van der Waals surface area contributed by atoms with Crippen LogP contribution in [0.25, 0.3) is 0 Å². The first-order chi connectivity index (χ1) is 6.61. The van der Waals surface area contributed by atoms with Gasteiger partial charge in [0, 0.05) is 25.0 Å². The summed E-state index contributed by atoms with van der Waals surface area (Å²) >= 11 is 0. The van der Waals surface area contributed by atoms with Crippen molar-refractivity contribution in [2.45, 2.75) is 26.8 Å². The fraction of sp³-hybridized carbons (Fsp3) is 0.455. The van der Waals surface area contributed by atoms with Crippen molar-refractivity contribution in [3.63, 3.8) is 0 Å². The van der Waals surface area contributed by atoms with Crippen molar-refractivity contribution in [3.8, 4) is 0 Å². The van der Waals surface area contributed by atoms with E-state index in [4.69, 9.17) is 0 Å². The van der Waals surface area contributed by atoms with Crippen molar-refractivity contribution in [2.24, 2.45) is 0 Å². The summed E-state index contributed by atoms with van der Waals surface area (Å²) in [6, 6.07) is 0.223. The summed E-state index contributed by atoms with van der Waals surface area (Å²) in [5.41, 5.74) is 3.11. The van der Waals surface area contributed by atoms with Gasteiger partial charge in [-0.2, -0.15) is 0 Å². The molecule has 3 nitrogen and oxygen atoms in total. The third-order valence-electron chi connectivity index (χ3n) is 2.04. The molecule has 0 fully saturated rings. The van der Waals surface area contributed by atoms with Gasteiger partial charge in [0.25, 0.3) is 0 Å². The molecule has 1 aromatic rings. The van der Waals surface area contributed by atoms with E-state index in [9.17, 15) is 0 Å². The lowest BCUT2D eigenvalue weighted by Gasteiger charge is -2.14. The Bertz CT molecular complexity index is 320. The van der Waals surface area contributed by atoms with Crippen molar-refractivity contribution >= 4 is 0 Å². The molecule has 1 rings (SSSR count). The Labute approximate surface area is 85.3 Å². The predicted octanol–water partition coefficient (Wildman–Crippen LogP) is 2.01. The summed E-state index contributed by atoms with van der Waals surface area (Å²) in [5.74, 6) is 0. The molecule has 3 heteroatoms. The molecular formula is C11H17N3. The van der Waals surface area contributed by atoms with Crippen LogP contribution in [0.15, 0.2) is 24.5 Å². The Hall–Kier alpha value is -1.22. The molecule has 0 aliphatic carbocycles. The Kier molecular flexibility index (Phi) is 3.77. The van der Waals surface area contributed by atoms with Gasteiger partial charge in [-0.3, -0.25) is 9.97 Å². The zero-order valence-corrected chi connectivity index (χ0v) is 9.04. The van der Waals surface area contributed by atoms with Crippen LogP contribution in [0.4, 0.5) is 0 Å². The molecule has 0 aliphatic heterocycles. The Morgan fingerprint density at radius 2 is 2.14 bits per heavy atom. The van der Waals surface area contributed by atoms with Crippen molar-refractivity contribution in [2.75, 3.05) is 6.54 Å². The standard InChI is InChI=1S/C11H17N3/c1-8(2)7-14-10(4)11-9(3)12-5-6-13-11/h5-6,10,14H,1,7H2,2-4H3. The van der Waals surface area contributed by atoms with Gasteiger partial charge < -0.3 is 5.32 Å². The molecule has 1 unspecified atom stereocenters. The monoisotopic (exact) mass is 191 g/mol. The third-order valence-corrected chi connectivity index (χ3v) is 2.04. The van der Waals surface area contributed by atoms with E-state index < -0.39 is 0 Å². The van der Waals surface area contributed by atoms with Gasteiger partial charge in [0.05, 0.1) is 11.4 Å². The molecule has 0 aliphatic rings. The maximum atomic E-state index is 4.30. The lowest BCUT2D eigenvalue weighted by Crippen LogP contribution is -2.22. The molecule has 0 bridgehead atoms. The molecule has 1 atom stereocenters. The van der Waals surface area contributed by atoms with Gasteiger partial charge in [0.15, 0.2) is 0 Å². The SMILES string of the molecule is C=C(C)CNC(C)c1nccnc1C. The number of nitrogens with one attached hydrogen (secondary N) is 1. The summed E-state index contributed by atoms with van der Waals surface area (Å²) in [5, 5.41) is 3.34. The normalized spacial score (nSPS) is 12.5. The van der Waals surface area contributed by atoms with E-state index in [1.54, 1.807) is 12.4 Å². The highest BCUT2D eigenvalue weighted by molar-refractivity contribution is 5.12. The van der Waals surface area contributed by atoms with E-state index in [0.717, 1.165) is 23.5 Å². The number of aryl methyl sites for hydroxylation is 1. The van der Waals surface area contributed by atoms with Gasteiger partial charge in [-0.15, -0.1) is 0 Å². The molecule has 14 heavy (non-hydrogen) atoms. The minimum absolute atomic E-state index is 0.223. The van der Waals surface area contributed by atoms with Crippen molar-refractivity contribution in [3.05, 3.63) is 35.9 Å². The summed E-state index contributed by atoms with van der Waals surface area (Å²) in [6.07, 6.45) is 3.44. The molecular weight excluding hydrogens is 174 g/mol. The van der Waals surface area contributed by atoms with E-state index in [1.165, 1.54) is 0 Å². The van der Waals surface area contributed by atoms with Crippen molar-refractivity contribution < 1.29 is 0 Å². The van der Waals surface area contributed by atoms with Gasteiger partial charge in [-0.25, -0.2) is 0 Å². The molecule has 0 saturated heterocycles. The van der Waals surface area contributed by atoms with Gasteiger partial charge in [0.2, 0.25) is 0 Å². The van der Waals surface area contributed by atoms with Crippen molar-refractivity contribution in [1.29, 1.82) is 0 Å². The van der Waals surface area contributed by atoms with E-state index in [0.29, 0.717) is 0 Å². The van der Waals surface area contributed by atoms with Gasteiger partial charge in [0.1, 0.15) is 0 Å². The van der Waals surface area contributed by atoms with E-state index in [1.807, 2.05) is 13.8 Å². The lowest BCUT2D eigenvalue weighted by atomic mass is 10.2. The number of hydrogen-bond acceptors (Lipinski definition) is 3. The highest BCUT2D eigenvalue weighted by Crippen LogP contribution is 2.11. The molecule has 0 radical (unpaired) electrons. The fourth-order valence-electron chi connectivity index (χ4n) is 1.27. The zero-order valence-electron chi connectivity index (χ0n) is 9.04. The zero-order chi connectivity index (χ0) is 10.6. The first kappa shape index (κ1) is 10.9. The molecule has 0 saturated carbocycles. The van der Waals surface area contributed by atoms with Crippen LogP contribution in [-0.2, 0) is 0 Å². The second kappa shape index (κ2) is 4.86. The molecule has 1 aromatic heterocycles. The van der Waals surface area contributed by atoms with E-state index >= 15 is 0 Å². The van der Waals surface area contributed by atoms with Crippen LogP contribution < -0.4 is 5.32 Å². The number of rotatable bonds is 4. The van der Waals surface area contributed by atoms with E-state index in [-0.39, 0.29) is 6.04 Å². The highest BCUT2D eigenvalue weighted by atomic mass is 14.9. The smallest absolute Gasteiger partial charge is 0.0782 e. The molecule has 0 spiro atoms. The molecule has 76 valence electrons. The van der Waals surface area contributed by atoms with Crippen LogP contribution in [0.2, 0.25) is 0 Å². The third kappa shape index (κ3) is 2.92. The minimum atomic E-state index is 0.223. The minimum Gasteiger partial charge on any atom is -0.305 e. The van der Waals surface area contributed by atoms with Crippen LogP contribution in [0.3, 0.4) is 0 Å². The second-order valence-electron chi connectivity index (χ2n) is 3.59. The Morgan fingerprint density at radius 3 is 2.71 bits per heavy atom. The quantitative estimate of drug-likeness (QED) is 0.740. The van der Waals surface area contributed by atoms with Crippen LogP contribution in [0.1, 0.15) is 31.3 Å². The number of aromatic nitrogens is 2. The fourth-order valence-corrected chi connectivity index (χ4v) is 1.27. The van der Waals surface area contributed by atoms with Crippen LogP contribution in [0, 0.1) is 6.92 Å². The summed E-state index contributed by atoms with van der Waals surface area (Å²) in [7, 11) is 0. The maximum absolute atomic E-state index is 4.30. The van der Waals surface area contributed by atoms with Gasteiger partial charge in [-0.1, -0.05) is 12.2 Å². The average Bonchev–Trinajstić information content (AvgIpc) is 2.15. The number of nitrogens with zero attached hydrogens (tertiary/aromatic N) is 2. The average molecular weight is 191 g/mol. The lowest BCUT2D eigenvalue weighted by molar-refractivity contribution is 0.585. The first-order valence-electron chi connectivity index (χ1n) is 4.76. The van der Waals surface area contributed by atoms with Crippen molar-refractivity contribution in [1.82, 2.24) is 15.3 Å². The Morgan fingerprint density at radius 1 is 1.50 bits per heavy atom. The summed E-state index contributed by atoms with van der Waals surface area (Å²) < 4.78 is 0. The topological polar surface area (TPSA) is 37.8 Å². The first-order valence-corrected chi connectivity index (χ1v) is 4.76. The largest absolute Gasteiger partial charge is 0.305 e. The maximum Gasteiger partial charge on any atom is 0.0782 e. The van der Waals surface area contributed by atoms with Gasteiger partial charge in [-0.05, 0) is 20.8 Å². The second-order valence-corrected chi connectivity index (χ2v) is 3.59. The summed E-state index contributed by atoms with van der Waals surface area (Å²) in [6.45, 7) is 10.7. The van der Waals surface area contributed by atoms with Crippen LogP contribution in [0.5, 0.6) is 0 Å². The Balaban J connectivity index is 2.65. The molecule has 0 aromatic carbocycles. The molecule has 1 heterocycles. The van der Waals surface area contributed by atoms with Gasteiger partial charge >= 0.3 is 0 Å². The van der Waals surface area contributed by atoms with E-state index in [2.05, 4.69) is 28.8 Å².